The van der Waals surface area contributed by atoms with Crippen molar-refractivity contribution >= 4 is 54.4 Å². The highest BCUT2D eigenvalue weighted by molar-refractivity contribution is 6.23. The Kier molecular flexibility index (Phi) is 5.20. The molecule has 0 aliphatic carbocycles. The quantitative estimate of drug-likeness (QED) is 0.206. The van der Waals surface area contributed by atoms with E-state index < -0.39 is 0 Å². The summed E-state index contributed by atoms with van der Waals surface area (Å²) in [6.07, 6.45) is 1.91. The van der Waals surface area contributed by atoms with Gasteiger partial charge in [-0.2, -0.15) is 0 Å². The number of hydrogen-bond acceptors (Lipinski definition) is 2. The number of fused-ring (bicyclic) bond motifs is 9. The van der Waals surface area contributed by atoms with Crippen LogP contribution in [0.4, 0.5) is 0 Å². The first-order valence-electron chi connectivity index (χ1n) is 14.6. The Hall–Kier alpha value is -5.80. The molecule has 0 radical (unpaired) electrons. The molecule has 9 rings (SSSR count). The molecular formula is C40H25N3. The topological polar surface area (TPSA) is 30.7 Å². The van der Waals surface area contributed by atoms with Crippen LogP contribution < -0.4 is 0 Å². The molecule has 0 aliphatic rings. The minimum absolute atomic E-state index is 0.871. The van der Waals surface area contributed by atoms with Gasteiger partial charge in [0.2, 0.25) is 0 Å². The van der Waals surface area contributed by atoms with E-state index in [1.807, 2.05) is 6.20 Å². The van der Waals surface area contributed by atoms with E-state index in [1.54, 1.807) is 0 Å². The van der Waals surface area contributed by atoms with E-state index in [0.717, 1.165) is 44.3 Å². The highest BCUT2D eigenvalue weighted by Crippen LogP contribution is 2.37. The van der Waals surface area contributed by atoms with Gasteiger partial charge in [-0.25, -0.2) is 4.98 Å². The van der Waals surface area contributed by atoms with Crippen molar-refractivity contribution in [2.24, 2.45) is 0 Å². The minimum Gasteiger partial charge on any atom is -0.309 e. The Labute approximate surface area is 248 Å². The smallest absolute Gasteiger partial charge is 0.0979 e. The number of nitrogens with zero attached hydrogens (tertiary/aromatic N) is 3. The van der Waals surface area contributed by atoms with E-state index in [-0.39, 0.29) is 0 Å². The summed E-state index contributed by atoms with van der Waals surface area (Å²) in [6, 6.07) is 51.7. The second-order valence-electron chi connectivity index (χ2n) is 11.0. The lowest BCUT2D eigenvalue weighted by molar-refractivity contribution is 1.18. The number of rotatable bonds is 3. The van der Waals surface area contributed by atoms with Crippen molar-refractivity contribution in [2.75, 3.05) is 0 Å². The SMILES string of the molecule is c1ccc(-n2c3ccccc3c3ccccc32)c(-c2ccc(-c3cnc4c5ccccc5c5ccccc5c4n3)cc2)c1. The third-order valence-electron chi connectivity index (χ3n) is 8.64. The molecule has 3 heteroatoms. The molecular weight excluding hydrogens is 522 g/mol. The van der Waals surface area contributed by atoms with E-state index in [2.05, 4.69) is 150 Å². The van der Waals surface area contributed by atoms with Crippen LogP contribution in [0.25, 0.3) is 82.5 Å². The maximum atomic E-state index is 5.19. The molecule has 0 saturated carbocycles. The van der Waals surface area contributed by atoms with Gasteiger partial charge in [0.05, 0.1) is 39.6 Å². The van der Waals surface area contributed by atoms with Gasteiger partial charge in [0.15, 0.2) is 0 Å². The van der Waals surface area contributed by atoms with Crippen LogP contribution in [0.3, 0.4) is 0 Å². The lowest BCUT2D eigenvalue weighted by atomic mass is 9.99. The predicted octanol–water partition coefficient (Wildman–Crippen LogP) is 10.4. The molecule has 7 aromatic carbocycles. The number of aromatic nitrogens is 3. The molecule has 0 saturated heterocycles. The van der Waals surface area contributed by atoms with Crippen molar-refractivity contribution in [3.8, 4) is 28.1 Å². The zero-order chi connectivity index (χ0) is 28.3. The molecule has 0 atom stereocenters. The first-order chi connectivity index (χ1) is 21.3. The van der Waals surface area contributed by atoms with Crippen LogP contribution >= 0.6 is 0 Å². The second kappa shape index (κ2) is 9.37. The summed E-state index contributed by atoms with van der Waals surface area (Å²) in [5, 5.41) is 7.19. The molecule has 0 aliphatic heterocycles. The highest BCUT2D eigenvalue weighted by Gasteiger charge is 2.16. The number of hydrogen-bond donors (Lipinski definition) is 0. The van der Waals surface area contributed by atoms with Gasteiger partial charge >= 0.3 is 0 Å². The van der Waals surface area contributed by atoms with E-state index >= 15 is 0 Å². The summed E-state index contributed by atoms with van der Waals surface area (Å²) in [6.45, 7) is 0. The molecule has 0 fully saturated rings. The normalized spacial score (nSPS) is 11.7. The van der Waals surface area contributed by atoms with E-state index in [4.69, 9.17) is 9.97 Å². The molecule has 0 amide bonds. The van der Waals surface area contributed by atoms with Gasteiger partial charge in [-0.05, 0) is 34.5 Å². The Morgan fingerprint density at radius 2 is 0.884 bits per heavy atom. The first kappa shape index (κ1) is 23.9. The lowest BCUT2D eigenvalue weighted by Gasteiger charge is -2.14. The van der Waals surface area contributed by atoms with Crippen LogP contribution in [0.2, 0.25) is 0 Å². The summed E-state index contributed by atoms with van der Waals surface area (Å²) in [4.78, 5) is 10.1. The van der Waals surface area contributed by atoms with Crippen LogP contribution in [0, 0.1) is 0 Å². The summed E-state index contributed by atoms with van der Waals surface area (Å²) >= 11 is 0. The van der Waals surface area contributed by atoms with Crippen molar-refractivity contribution in [2.45, 2.75) is 0 Å². The highest BCUT2D eigenvalue weighted by atomic mass is 15.0. The summed E-state index contributed by atoms with van der Waals surface area (Å²) in [7, 11) is 0. The minimum atomic E-state index is 0.871. The Morgan fingerprint density at radius 3 is 1.53 bits per heavy atom. The molecule has 0 N–H and O–H groups in total. The maximum Gasteiger partial charge on any atom is 0.0979 e. The monoisotopic (exact) mass is 547 g/mol. The van der Waals surface area contributed by atoms with Gasteiger partial charge in [0, 0.05) is 32.7 Å². The van der Waals surface area contributed by atoms with Gasteiger partial charge in [0.25, 0.3) is 0 Å². The number of benzene rings is 7. The first-order valence-corrected chi connectivity index (χ1v) is 14.6. The van der Waals surface area contributed by atoms with Gasteiger partial charge in [-0.1, -0.05) is 127 Å². The zero-order valence-corrected chi connectivity index (χ0v) is 23.3. The van der Waals surface area contributed by atoms with Crippen LogP contribution in [0.1, 0.15) is 0 Å². The number of para-hydroxylation sites is 3. The molecule has 0 bridgehead atoms. The Bertz CT molecular complexity index is 2420. The average Bonchev–Trinajstić information content (AvgIpc) is 3.42. The molecule has 43 heavy (non-hydrogen) atoms. The lowest BCUT2D eigenvalue weighted by Crippen LogP contribution is -1.97. The van der Waals surface area contributed by atoms with Crippen molar-refractivity contribution in [1.82, 2.24) is 14.5 Å². The molecule has 3 nitrogen and oxygen atoms in total. The van der Waals surface area contributed by atoms with Crippen LogP contribution in [0.15, 0.2) is 152 Å². The third-order valence-corrected chi connectivity index (χ3v) is 8.64. The van der Waals surface area contributed by atoms with Crippen LogP contribution in [-0.4, -0.2) is 14.5 Å². The van der Waals surface area contributed by atoms with Gasteiger partial charge < -0.3 is 4.57 Å². The second-order valence-corrected chi connectivity index (χ2v) is 11.0. The van der Waals surface area contributed by atoms with Gasteiger partial charge in [-0.15, -0.1) is 0 Å². The fourth-order valence-corrected chi connectivity index (χ4v) is 6.68. The van der Waals surface area contributed by atoms with E-state index in [0.29, 0.717) is 0 Å². The molecule has 0 unspecified atom stereocenters. The predicted molar refractivity (Wildman–Crippen MR) is 180 cm³/mol. The largest absolute Gasteiger partial charge is 0.309 e. The van der Waals surface area contributed by atoms with Crippen molar-refractivity contribution in [1.29, 1.82) is 0 Å². The van der Waals surface area contributed by atoms with Crippen LogP contribution in [-0.2, 0) is 0 Å². The van der Waals surface area contributed by atoms with Gasteiger partial charge in [0.1, 0.15) is 0 Å². The third kappa shape index (κ3) is 3.62. The summed E-state index contributed by atoms with van der Waals surface area (Å²) in [5.74, 6) is 0. The maximum absolute atomic E-state index is 5.19. The molecule has 200 valence electrons. The van der Waals surface area contributed by atoms with Crippen molar-refractivity contribution < 1.29 is 0 Å². The Balaban J connectivity index is 1.18. The molecule has 2 heterocycles. The van der Waals surface area contributed by atoms with Crippen LogP contribution in [0.5, 0.6) is 0 Å². The molecule has 9 aromatic rings. The van der Waals surface area contributed by atoms with Crippen molar-refractivity contribution in [3.05, 3.63) is 152 Å². The fraction of sp³-hybridized carbons (Fsp3) is 0. The summed E-state index contributed by atoms with van der Waals surface area (Å²) < 4.78 is 2.39. The Morgan fingerprint density at radius 1 is 0.395 bits per heavy atom. The molecule has 2 aromatic heterocycles. The summed E-state index contributed by atoms with van der Waals surface area (Å²) in [5.41, 5.74) is 9.71. The average molecular weight is 548 g/mol. The van der Waals surface area contributed by atoms with Crippen molar-refractivity contribution in [3.63, 3.8) is 0 Å². The molecule has 0 spiro atoms. The zero-order valence-electron chi connectivity index (χ0n) is 23.3. The van der Waals surface area contributed by atoms with E-state index in [9.17, 15) is 0 Å². The van der Waals surface area contributed by atoms with E-state index in [1.165, 1.54) is 38.1 Å². The van der Waals surface area contributed by atoms with Gasteiger partial charge in [-0.3, -0.25) is 4.98 Å². The standard InChI is InChI=1S/C40H25N3/c1-3-16-33-29(12-1)30-13-2-4-17-34(30)40-39(33)41-25-35(42-40)27-23-21-26(22-24-27)28-11-5-8-18-36(28)43-37-19-9-6-14-31(37)32-15-7-10-20-38(32)43/h1-25H. The fourth-order valence-electron chi connectivity index (χ4n) is 6.68.